The van der Waals surface area contributed by atoms with Gasteiger partial charge in [-0.3, -0.25) is 4.90 Å². The minimum absolute atomic E-state index is 0.587. The first-order valence-electron chi connectivity index (χ1n) is 8.21. The molecule has 3 rings (SSSR count). The van der Waals surface area contributed by atoms with Gasteiger partial charge in [-0.15, -0.1) is 0 Å². The molecule has 7 heteroatoms. The first-order chi connectivity index (χ1) is 11.6. The van der Waals surface area contributed by atoms with Crippen LogP contribution in [0.1, 0.15) is 16.8 Å². The fraction of sp³-hybridized carbons (Fsp3) is 0.471. The van der Waals surface area contributed by atoms with Crippen molar-refractivity contribution < 1.29 is 0 Å². The number of nitrogens with zero attached hydrogens (tertiary/aromatic N) is 6. The lowest BCUT2D eigenvalue weighted by atomic mass is 10.2. The first kappa shape index (κ1) is 16.3. The highest BCUT2D eigenvalue weighted by Crippen LogP contribution is 2.23. The minimum Gasteiger partial charge on any atom is -0.384 e. The van der Waals surface area contributed by atoms with Crippen LogP contribution in [-0.4, -0.2) is 52.2 Å². The third-order valence-electron chi connectivity index (χ3n) is 4.83. The third kappa shape index (κ3) is 3.05. The van der Waals surface area contributed by atoms with E-state index in [9.17, 15) is 5.26 Å². The van der Waals surface area contributed by atoms with E-state index in [0.29, 0.717) is 11.4 Å². The number of nitrogen functional groups attached to an aromatic ring is 1. The summed E-state index contributed by atoms with van der Waals surface area (Å²) in [6.45, 7) is 9.51. The van der Waals surface area contributed by atoms with Gasteiger partial charge in [-0.2, -0.15) is 5.26 Å². The van der Waals surface area contributed by atoms with Crippen LogP contribution >= 0.6 is 0 Å². The van der Waals surface area contributed by atoms with Crippen LogP contribution in [0.4, 0.5) is 11.8 Å². The Morgan fingerprint density at radius 3 is 2.38 bits per heavy atom. The molecule has 24 heavy (non-hydrogen) atoms. The van der Waals surface area contributed by atoms with E-state index in [1.807, 2.05) is 19.9 Å². The quantitative estimate of drug-likeness (QED) is 0.908. The summed E-state index contributed by atoms with van der Waals surface area (Å²) >= 11 is 0. The van der Waals surface area contributed by atoms with Crippen molar-refractivity contribution in [1.29, 1.82) is 5.26 Å². The molecule has 0 saturated carbocycles. The molecule has 0 aromatic carbocycles. The predicted molar refractivity (Wildman–Crippen MR) is 93.7 cm³/mol. The zero-order valence-corrected chi connectivity index (χ0v) is 14.2. The molecule has 0 radical (unpaired) electrons. The summed E-state index contributed by atoms with van der Waals surface area (Å²) in [5, 5.41) is 9.22. The number of anilines is 2. The Morgan fingerprint density at radius 2 is 1.79 bits per heavy atom. The molecule has 0 amide bonds. The molecule has 1 aliphatic heterocycles. The van der Waals surface area contributed by atoms with Crippen molar-refractivity contribution in [3.05, 3.63) is 35.3 Å². The van der Waals surface area contributed by atoms with Crippen molar-refractivity contribution in [2.24, 2.45) is 0 Å². The van der Waals surface area contributed by atoms with Crippen LogP contribution in [0.25, 0.3) is 0 Å². The van der Waals surface area contributed by atoms with Gasteiger partial charge in [0, 0.05) is 57.4 Å². The minimum atomic E-state index is 0.587. The van der Waals surface area contributed by atoms with E-state index in [1.54, 1.807) is 12.4 Å². The van der Waals surface area contributed by atoms with E-state index < -0.39 is 0 Å². The predicted octanol–water partition coefficient (Wildman–Crippen LogP) is 1.17. The van der Waals surface area contributed by atoms with E-state index in [-0.39, 0.29) is 0 Å². The van der Waals surface area contributed by atoms with Crippen LogP contribution in [0.3, 0.4) is 0 Å². The highest BCUT2D eigenvalue weighted by atomic mass is 15.3. The second-order valence-electron chi connectivity index (χ2n) is 6.11. The van der Waals surface area contributed by atoms with Gasteiger partial charge in [0.15, 0.2) is 0 Å². The summed E-state index contributed by atoms with van der Waals surface area (Å²) in [6, 6.07) is 4.04. The molecular formula is C17H23N7. The topological polar surface area (TPSA) is 87.0 Å². The lowest BCUT2D eigenvalue weighted by Crippen LogP contribution is -2.47. The molecule has 0 unspecified atom stereocenters. The highest BCUT2D eigenvalue weighted by molar-refractivity contribution is 5.57. The lowest BCUT2D eigenvalue weighted by Gasteiger charge is -2.34. The maximum absolute atomic E-state index is 9.22. The maximum Gasteiger partial charge on any atom is 0.225 e. The summed E-state index contributed by atoms with van der Waals surface area (Å²) in [5.41, 5.74) is 8.81. The van der Waals surface area contributed by atoms with Crippen molar-refractivity contribution in [1.82, 2.24) is 19.4 Å². The van der Waals surface area contributed by atoms with Gasteiger partial charge in [0.25, 0.3) is 0 Å². The van der Waals surface area contributed by atoms with Gasteiger partial charge >= 0.3 is 0 Å². The Balaban J connectivity index is 1.57. The Kier molecular flexibility index (Phi) is 4.67. The number of nitrogens with two attached hydrogens (primary N) is 1. The molecule has 1 aliphatic rings. The number of piperazine rings is 1. The van der Waals surface area contributed by atoms with Gasteiger partial charge in [-0.25, -0.2) is 9.97 Å². The number of hydrogen-bond donors (Lipinski definition) is 1. The molecule has 2 aromatic rings. The van der Waals surface area contributed by atoms with Gasteiger partial charge in [0.1, 0.15) is 11.9 Å². The summed E-state index contributed by atoms with van der Waals surface area (Å²) in [6.07, 6.45) is 3.56. The van der Waals surface area contributed by atoms with E-state index >= 15 is 0 Å². The number of hydrogen-bond acceptors (Lipinski definition) is 6. The molecule has 0 atom stereocenters. The number of aromatic nitrogens is 3. The molecule has 3 heterocycles. The second-order valence-corrected chi connectivity index (χ2v) is 6.11. The number of nitriles is 1. The molecule has 2 aromatic heterocycles. The summed E-state index contributed by atoms with van der Waals surface area (Å²) in [5.74, 6) is 1.39. The van der Waals surface area contributed by atoms with Gasteiger partial charge in [0.2, 0.25) is 5.95 Å². The zero-order chi connectivity index (χ0) is 17.1. The summed E-state index contributed by atoms with van der Waals surface area (Å²) < 4.78 is 2.06. The summed E-state index contributed by atoms with van der Waals surface area (Å²) in [7, 11) is 0. The largest absolute Gasteiger partial charge is 0.384 e. The molecule has 126 valence electrons. The Hall–Kier alpha value is -2.59. The smallest absolute Gasteiger partial charge is 0.225 e. The molecule has 0 spiro atoms. The van der Waals surface area contributed by atoms with Crippen molar-refractivity contribution in [3.63, 3.8) is 0 Å². The van der Waals surface area contributed by atoms with Gasteiger partial charge < -0.3 is 15.2 Å². The van der Waals surface area contributed by atoms with Crippen LogP contribution in [0.15, 0.2) is 18.5 Å². The highest BCUT2D eigenvalue weighted by Gasteiger charge is 2.20. The molecule has 1 fully saturated rings. The Labute approximate surface area is 142 Å². The van der Waals surface area contributed by atoms with Crippen LogP contribution in [0.2, 0.25) is 0 Å². The zero-order valence-electron chi connectivity index (χ0n) is 14.2. The van der Waals surface area contributed by atoms with E-state index in [1.165, 1.54) is 0 Å². The van der Waals surface area contributed by atoms with Crippen LogP contribution < -0.4 is 10.6 Å². The normalized spacial score (nSPS) is 15.5. The molecule has 2 N–H and O–H groups in total. The van der Waals surface area contributed by atoms with Crippen molar-refractivity contribution in [2.75, 3.05) is 43.4 Å². The fourth-order valence-electron chi connectivity index (χ4n) is 3.19. The molecule has 0 bridgehead atoms. The third-order valence-corrected chi connectivity index (χ3v) is 4.83. The van der Waals surface area contributed by atoms with Crippen molar-refractivity contribution >= 4 is 11.8 Å². The van der Waals surface area contributed by atoms with Crippen LogP contribution in [0.5, 0.6) is 0 Å². The molecule has 1 saturated heterocycles. The average molecular weight is 325 g/mol. The molecular weight excluding hydrogens is 302 g/mol. The Bertz CT molecular complexity index is 737. The second kappa shape index (κ2) is 6.89. The standard InChI is InChI=1S/C17H23N7/c1-13-14(2)24(16(19)15(13)12-18)11-8-22-6-9-23(10-7-22)17-20-4-3-5-21-17/h3-5H,6-11,19H2,1-2H3. The van der Waals surface area contributed by atoms with Crippen molar-refractivity contribution in [3.8, 4) is 6.07 Å². The van der Waals surface area contributed by atoms with Crippen LogP contribution in [0, 0.1) is 25.2 Å². The van der Waals surface area contributed by atoms with Crippen molar-refractivity contribution in [2.45, 2.75) is 20.4 Å². The van der Waals surface area contributed by atoms with E-state index in [2.05, 4.69) is 30.4 Å². The van der Waals surface area contributed by atoms with E-state index in [4.69, 9.17) is 5.73 Å². The SMILES string of the molecule is Cc1c(C#N)c(N)n(CCN2CCN(c3ncccn3)CC2)c1C. The van der Waals surface area contributed by atoms with Gasteiger partial charge in [-0.05, 0) is 25.5 Å². The lowest BCUT2D eigenvalue weighted by molar-refractivity contribution is 0.247. The molecule has 7 nitrogen and oxygen atoms in total. The Morgan fingerprint density at radius 1 is 1.12 bits per heavy atom. The van der Waals surface area contributed by atoms with Gasteiger partial charge in [-0.1, -0.05) is 0 Å². The van der Waals surface area contributed by atoms with Gasteiger partial charge in [0.05, 0.1) is 5.56 Å². The molecule has 0 aliphatic carbocycles. The maximum atomic E-state index is 9.22. The van der Waals surface area contributed by atoms with Crippen LogP contribution in [-0.2, 0) is 6.54 Å². The number of rotatable bonds is 4. The van der Waals surface area contributed by atoms with E-state index in [0.717, 1.165) is 56.5 Å². The summed E-state index contributed by atoms with van der Waals surface area (Å²) in [4.78, 5) is 13.3. The average Bonchev–Trinajstić information content (AvgIpc) is 2.83. The first-order valence-corrected chi connectivity index (χ1v) is 8.21. The monoisotopic (exact) mass is 325 g/mol. The fourth-order valence-corrected chi connectivity index (χ4v) is 3.19.